The Kier molecular flexibility index (Phi) is 5.18. The quantitative estimate of drug-likeness (QED) is 0.614. The molecule has 0 saturated carbocycles. The molecule has 7 nitrogen and oxygen atoms in total. The fourth-order valence-electron chi connectivity index (χ4n) is 2.72. The Morgan fingerprint density at radius 3 is 2.88 bits per heavy atom. The largest absolute Gasteiger partial charge is 0.397 e. The average molecular weight is 352 g/mol. The first kappa shape index (κ1) is 17.9. The third-order valence-electron chi connectivity index (χ3n) is 4.15. The molecule has 3 rings (SSSR count). The van der Waals surface area contributed by atoms with E-state index in [-0.39, 0.29) is 5.78 Å². The maximum atomic E-state index is 11.7. The van der Waals surface area contributed by atoms with E-state index in [1.54, 1.807) is 17.5 Å². The topological polar surface area (TPSA) is 88.0 Å². The number of aliphatic imine (C=N–C) groups is 1. The molecule has 0 radical (unpaired) electrons. The lowest BCUT2D eigenvalue weighted by atomic mass is 10.0. The number of nitrogens with zero attached hydrogens (tertiary/aromatic N) is 4. The van der Waals surface area contributed by atoms with E-state index in [1.165, 1.54) is 6.08 Å². The van der Waals surface area contributed by atoms with Gasteiger partial charge in [0.2, 0.25) is 0 Å². The molecule has 0 bridgehead atoms. The molecule has 0 fully saturated rings. The van der Waals surface area contributed by atoms with Gasteiger partial charge in [-0.15, -0.1) is 5.10 Å². The maximum absolute atomic E-state index is 11.7. The number of rotatable bonds is 6. The predicted octanol–water partition coefficient (Wildman–Crippen LogP) is 2.14. The molecule has 0 aliphatic heterocycles. The van der Waals surface area contributed by atoms with Crippen LogP contribution >= 0.6 is 0 Å². The standard InChI is InChI=1S/C19H24N6O/c1-13-11-15(14(20)12-17(13)26)22-18-16-7-4-5-10-25(16)23-19(18)21-8-6-9-24(2)3/h4-5,7,10-12H,6,8-9,20H2,1-3H3,(H,21,23). The molecule has 26 heavy (non-hydrogen) atoms. The Balaban J connectivity index is 1.96. The van der Waals surface area contributed by atoms with Crippen molar-refractivity contribution in [3.05, 3.63) is 47.8 Å². The summed E-state index contributed by atoms with van der Waals surface area (Å²) in [6, 6.07) is 5.83. The Labute approximate surface area is 152 Å². The summed E-state index contributed by atoms with van der Waals surface area (Å²) in [5, 5.41) is 7.96. The molecule has 7 heteroatoms. The summed E-state index contributed by atoms with van der Waals surface area (Å²) < 4.78 is 1.79. The summed E-state index contributed by atoms with van der Waals surface area (Å²) in [7, 11) is 4.10. The third kappa shape index (κ3) is 3.83. The van der Waals surface area contributed by atoms with Gasteiger partial charge in [0.05, 0.1) is 16.9 Å². The molecule has 3 N–H and O–H groups in total. The zero-order valence-corrected chi connectivity index (χ0v) is 15.4. The maximum Gasteiger partial charge on any atom is 0.183 e. The second kappa shape index (κ2) is 7.53. The van der Waals surface area contributed by atoms with Crippen LogP contribution in [-0.4, -0.2) is 53.2 Å². The van der Waals surface area contributed by atoms with Crippen molar-refractivity contribution in [2.45, 2.75) is 13.3 Å². The van der Waals surface area contributed by atoms with E-state index in [0.29, 0.717) is 22.8 Å². The van der Waals surface area contributed by atoms with Crippen molar-refractivity contribution in [3.8, 4) is 0 Å². The molecule has 2 heterocycles. The van der Waals surface area contributed by atoms with Gasteiger partial charge in [0, 0.05) is 18.8 Å². The second-order valence-corrected chi connectivity index (χ2v) is 6.60. The predicted molar refractivity (Wildman–Crippen MR) is 105 cm³/mol. The van der Waals surface area contributed by atoms with Crippen LogP contribution < -0.4 is 11.1 Å². The number of hydrogen-bond acceptors (Lipinski definition) is 6. The van der Waals surface area contributed by atoms with E-state index in [2.05, 4.69) is 29.4 Å². The first-order valence-electron chi connectivity index (χ1n) is 8.60. The van der Waals surface area contributed by atoms with E-state index in [1.807, 2.05) is 24.4 Å². The van der Waals surface area contributed by atoms with Gasteiger partial charge in [-0.2, -0.15) is 0 Å². The number of aromatic nitrogens is 2. The van der Waals surface area contributed by atoms with Gasteiger partial charge in [-0.3, -0.25) is 4.79 Å². The minimum atomic E-state index is -0.0802. The molecule has 136 valence electrons. The summed E-state index contributed by atoms with van der Waals surface area (Å²) in [4.78, 5) is 18.6. The smallest absolute Gasteiger partial charge is 0.183 e. The zero-order chi connectivity index (χ0) is 18.7. The summed E-state index contributed by atoms with van der Waals surface area (Å²) in [6.45, 7) is 3.54. The van der Waals surface area contributed by atoms with E-state index in [9.17, 15) is 4.79 Å². The lowest BCUT2D eigenvalue weighted by Crippen LogP contribution is -2.18. The Morgan fingerprint density at radius 2 is 2.12 bits per heavy atom. The minimum absolute atomic E-state index is 0.0802. The molecule has 2 aromatic rings. The lowest BCUT2D eigenvalue weighted by Gasteiger charge is -2.11. The lowest BCUT2D eigenvalue weighted by molar-refractivity contribution is -0.111. The van der Waals surface area contributed by atoms with Gasteiger partial charge in [0.1, 0.15) is 5.69 Å². The van der Waals surface area contributed by atoms with Gasteiger partial charge < -0.3 is 16.0 Å². The number of ketones is 1. The van der Waals surface area contributed by atoms with Crippen LogP contribution in [0.25, 0.3) is 5.52 Å². The van der Waals surface area contributed by atoms with Gasteiger partial charge in [0.25, 0.3) is 0 Å². The average Bonchev–Trinajstić information content (AvgIpc) is 2.94. The first-order valence-corrected chi connectivity index (χ1v) is 8.60. The third-order valence-corrected chi connectivity index (χ3v) is 4.15. The molecule has 0 amide bonds. The number of nitrogens with two attached hydrogens (primary N) is 1. The van der Waals surface area contributed by atoms with Crippen molar-refractivity contribution in [1.29, 1.82) is 0 Å². The van der Waals surface area contributed by atoms with E-state index < -0.39 is 0 Å². The highest BCUT2D eigenvalue weighted by Crippen LogP contribution is 2.30. The van der Waals surface area contributed by atoms with Crippen LogP contribution in [0.5, 0.6) is 0 Å². The fraction of sp³-hybridized carbons (Fsp3) is 0.316. The number of pyridine rings is 1. The van der Waals surface area contributed by atoms with E-state index in [4.69, 9.17) is 10.7 Å². The van der Waals surface area contributed by atoms with Crippen molar-refractivity contribution in [3.63, 3.8) is 0 Å². The minimum Gasteiger partial charge on any atom is -0.397 e. The van der Waals surface area contributed by atoms with Crippen LogP contribution in [0.2, 0.25) is 0 Å². The van der Waals surface area contributed by atoms with Crippen LogP contribution in [0.4, 0.5) is 11.5 Å². The highest BCUT2D eigenvalue weighted by atomic mass is 16.1. The van der Waals surface area contributed by atoms with Gasteiger partial charge >= 0.3 is 0 Å². The molecular weight excluding hydrogens is 328 g/mol. The van der Waals surface area contributed by atoms with Crippen molar-refractivity contribution in [2.24, 2.45) is 10.7 Å². The van der Waals surface area contributed by atoms with Gasteiger partial charge in [-0.25, -0.2) is 9.51 Å². The zero-order valence-electron chi connectivity index (χ0n) is 15.4. The SMILES string of the molecule is CC1=CC(=Nc2c(NCCCN(C)C)nn3ccccc23)C(N)=CC1=O. The Morgan fingerprint density at radius 1 is 1.31 bits per heavy atom. The van der Waals surface area contributed by atoms with Crippen LogP contribution in [0, 0.1) is 0 Å². The summed E-state index contributed by atoms with van der Waals surface area (Å²) >= 11 is 0. The Hall–Kier alpha value is -2.93. The Bertz CT molecular complexity index is 919. The second-order valence-electron chi connectivity index (χ2n) is 6.60. The molecule has 1 aliphatic carbocycles. The normalized spacial score (nSPS) is 16.3. The van der Waals surface area contributed by atoms with Crippen LogP contribution in [0.15, 0.2) is 52.8 Å². The molecule has 0 atom stereocenters. The van der Waals surface area contributed by atoms with Crippen LogP contribution in [-0.2, 0) is 4.79 Å². The fourth-order valence-corrected chi connectivity index (χ4v) is 2.72. The monoisotopic (exact) mass is 352 g/mol. The number of anilines is 1. The number of carbonyl (C=O) groups excluding carboxylic acids is 1. The van der Waals surface area contributed by atoms with Gasteiger partial charge in [-0.1, -0.05) is 6.07 Å². The van der Waals surface area contributed by atoms with Crippen molar-refractivity contribution >= 4 is 28.5 Å². The van der Waals surface area contributed by atoms with E-state index >= 15 is 0 Å². The van der Waals surface area contributed by atoms with E-state index in [0.717, 1.165) is 30.7 Å². The number of hydrogen-bond donors (Lipinski definition) is 2. The number of carbonyl (C=O) groups is 1. The molecule has 0 unspecified atom stereocenters. The molecule has 0 aromatic carbocycles. The van der Waals surface area contributed by atoms with Gasteiger partial charge in [0.15, 0.2) is 11.6 Å². The van der Waals surface area contributed by atoms with Crippen molar-refractivity contribution in [1.82, 2.24) is 14.5 Å². The molecule has 2 aromatic heterocycles. The van der Waals surface area contributed by atoms with Crippen molar-refractivity contribution < 1.29 is 4.79 Å². The number of fused-ring (bicyclic) bond motifs is 1. The molecule has 1 aliphatic rings. The number of nitrogens with one attached hydrogen (secondary N) is 1. The van der Waals surface area contributed by atoms with Gasteiger partial charge in [-0.05, 0) is 57.8 Å². The van der Waals surface area contributed by atoms with Crippen LogP contribution in [0.1, 0.15) is 13.3 Å². The molecule has 0 spiro atoms. The molecule has 0 saturated heterocycles. The first-order chi connectivity index (χ1) is 12.5. The highest BCUT2D eigenvalue weighted by Gasteiger charge is 2.17. The summed E-state index contributed by atoms with van der Waals surface area (Å²) in [5.74, 6) is 0.626. The molecular formula is C19H24N6O. The highest BCUT2D eigenvalue weighted by molar-refractivity contribution is 6.22. The van der Waals surface area contributed by atoms with Crippen molar-refractivity contribution in [2.75, 3.05) is 32.5 Å². The summed E-state index contributed by atoms with van der Waals surface area (Å²) in [5.41, 5.74) is 9.18. The number of allylic oxidation sites excluding steroid dienone is 3. The van der Waals surface area contributed by atoms with Crippen LogP contribution in [0.3, 0.4) is 0 Å². The summed E-state index contributed by atoms with van der Waals surface area (Å²) in [6.07, 6.45) is 6.02.